The van der Waals surface area contributed by atoms with Crippen LogP contribution in [0, 0.1) is 0 Å². The first-order valence-corrected chi connectivity index (χ1v) is 9.69. The summed E-state index contributed by atoms with van der Waals surface area (Å²) in [5, 5.41) is 3.00. The zero-order valence-corrected chi connectivity index (χ0v) is 15.9. The van der Waals surface area contributed by atoms with Crippen molar-refractivity contribution < 1.29 is 9.53 Å². The molecule has 6 nitrogen and oxygen atoms in total. The lowest BCUT2D eigenvalue weighted by molar-refractivity contribution is -0.140. The van der Waals surface area contributed by atoms with E-state index in [-0.39, 0.29) is 16.8 Å². The van der Waals surface area contributed by atoms with Gasteiger partial charge in [-0.2, -0.15) is 0 Å². The first kappa shape index (κ1) is 18.3. The average molecular weight is 417 g/mol. The molecule has 0 atom stereocenters. The van der Waals surface area contributed by atoms with Gasteiger partial charge in [-0.1, -0.05) is 29.3 Å². The van der Waals surface area contributed by atoms with Crippen molar-refractivity contribution in [2.45, 2.75) is 23.3 Å². The predicted molar refractivity (Wildman–Crippen MR) is 101 cm³/mol. The molecule has 0 unspecified atom stereocenters. The van der Waals surface area contributed by atoms with Crippen molar-refractivity contribution in [1.29, 1.82) is 0 Å². The highest BCUT2D eigenvalue weighted by Gasteiger charge is 2.28. The molecular formula is C15H14Cl2N4O2S2. The number of thiazole rings is 1. The molecule has 1 aromatic carbocycles. The molecule has 0 aliphatic heterocycles. The summed E-state index contributed by atoms with van der Waals surface area (Å²) < 4.78 is 5.85. The van der Waals surface area contributed by atoms with Crippen LogP contribution in [0.25, 0.3) is 11.3 Å². The summed E-state index contributed by atoms with van der Waals surface area (Å²) in [5.74, 6) is 4.85. The van der Waals surface area contributed by atoms with E-state index < -0.39 is 5.97 Å². The molecule has 10 heteroatoms. The Labute approximate surface area is 162 Å². The molecule has 5 N–H and O–H groups in total. The molecule has 1 aliphatic rings. The average Bonchev–Trinajstić information content (AvgIpc) is 3.26. The number of aromatic nitrogens is 1. The van der Waals surface area contributed by atoms with Crippen LogP contribution < -0.4 is 17.0 Å². The minimum absolute atomic E-state index is 0.0307. The molecule has 1 heterocycles. The normalized spacial score (nSPS) is 14.8. The third-order valence-electron chi connectivity index (χ3n) is 3.29. The van der Waals surface area contributed by atoms with Gasteiger partial charge in [0.05, 0.1) is 15.7 Å². The molecule has 0 amide bonds. The van der Waals surface area contributed by atoms with E-state index >= 15 is 0 Å². The van der Waals surface area contributed by atoms with Crippen molar-refractivity contribution >= 4 is 52.3 Å². The third kappa shape index (κ3) is 4.59. The molecule has 3 rings (SSSR count). The Hall–Kier alpha value is -1.45. The van der Waals surface area contributed by atoms with Gasteiger partial charge < -0.3 is 15.9 Å². The fourth-order valence-electron chi connectivity index (χ4n) is 1.86. The molecule has 1 aliphatic carbocycles. The van der Waals surface area contributed by atoms with Crippen LogP contribution in [0.2, 0.25) is 10.0 Å². The van der Waals surface area contributed by atoms with Crippen LogP contribution in [0.5, 0.6) is 0 Å². The Morgan fingerprint density at radius 3 is 2.76 bits per heavy atom. The highest BCUT2D eigenvalue weighted by molar-refractivity contribution is 8.04. The minimum Gasteiger partial charge on any atom is -0.458 e. The number of rotatable bonds is 6. The second-order valence-corrected chi connectivity index (χ2v) is 8.18. The second-order valence-electron chi connectivity index (χ2n) is 5.22. The maximum atomic E-state index is 12.0. The van der Waals surface area contributed by atoms with Crippen molar-refractivity contribution in [2.24, 2.45) is 11.6 Å². The first-order chi connectivity index (χ1) is 12.0. The number of hydrogen-bond donors (Lipinski definition) is 3. The maximum Gasteiger partial charge on any atom is 0.358 e. The zero-order valence-electron chi connectivity index (χ0n) is 12.8. The van der Waals surface area contributed by atoms with E-state index in [1.807, 2.05) is 11.4 Å². The van der Waals surface area contributed by atoms with Crippen molar-refractivity contribution in [3.63, 3.8) is 0 Å². The molecular weight excluding hydrogens is 403 g/mol. The van der Waals surface area contributed by atoms with E-state index in [0.717, 1.165) is 35.9 Å². The summed E-state index contributed by atoms with van der Waals surface area (Å²) in [6.45, 7) is 0. The number of halogens is 2. The quantitative estimate of drug-likeness (QED) is 0.217. The number of nitrogens with zero attached hydrogens (tertiary/aromatic N) is 1. The molecule has 1 aromatic heterocycles. The van der Waals surface area contributed by atoms with Gasteiger partial charge in [0.25, 0.3) is 0 Å². The van der Waals surface area contributed by atoms with E-state index in [4.69, 9.17) is 39.5 Å². The van der Waals surface area contributed by atoms with Gasteiger partial charge in [0, 0.05) is 10.9 Å². The Bertz CT molecular complexity index is 837. The fourth-order valence-corrected chi connectivity index (χ4v) is 3.90. The van der Waals surface area contributed by atoms with Crippen molar-refractivity contribution in [3.05, 3.63) is 44.4 Å². The number of nitrogens with one attached hydrogen (secondary N) is 1. The van der Waals surface area contributed by atoms with Crippen LogP contribution in [0.15, 0.2) is 38.6 Å². The summed E-state index contributed by atoms with van der Waals surface area (Å²) in [6.07, 6.45) is 1.71. The summed E-state index contributed by atoms with van der Waals surface area (Å²) in [7, 11) is 0. The van der Waals surface area contributed by atoms with Gasteiger partial charge in [0.1, 0.15) is 11.1 Å². The number of hydrazine groups is 1. The van der Waals surface area contributed by atoms with E-state index in [0.29, 0.717) is 14.4 Å². The van der Waals surface area contributed by atoms with Gasteiger partial charge in [-0.3, -0.25) is 5.84 Å². The molecule has 132 valence electrons. The van der Waals surface area contributed by atoms with Crippen LogP contribution in [0.4, 0.5) is 0 Å². The molecule has 0 saturated heterocycles. The van der Waals surface area contributed by atoms with Gasteiger partial charge in [0.2, 0.25) is 0 Å². The monoisotopic (exact) mass is 416 g/mol. The van der Waals surface area contributed by atoms with Gasteiger partial charge in [-0.05, 0) is 36.7 Å². The number of nitrogens with two attached hydrogens (primary N) is 2. The van der Waals surface area contributed by atoms with Gasteiger partial charge in [-0.15, -0.1) is 11.3 Å². The SMILES string of the molecule is NN/C(C(=O)OC1CC1)=C(\N)Sc1nc(-c2ccc(Cl)c(Cl)c2)cs1. The number of carbonyl (C=O) groups excluding carboxylic acids is 1. The predicted octanol–water partition coefficient (Wildman–Crippen LogP) is 3.51. The van der Waals surface area contributed by atoms with Gasteiger partial charge in [0.15, 0.2) is 10.0 Å². The standard InChI is InChI=1S/C15H14Cl2N4O2S2/c16-9-4-1-7(5-10(9)17)11-6-24-15(20-11)25-13(18)12(21-19)14(22)23-8-2-3-8/h1,4-6,8,21H,2-3,18-19H2/b13-12+. The summed E-state index contributed by atoms with van der Waals surface area (Å²) in [6, 6.07) is 5.28. The Morgan fingerprint density at radius 2 is 2.12 bits per heavy atom. The van der Waals surface area contributed by atoms with Crippen LogP contribution in [0.1, 0.15) is 12.8 Å². The lowest BCUT2D eigenvalue weighted by Crippen LogP contribution is -2.31. The Morgan fingerprint density at radius 1 is 1.36 bits per heavy atom. The number of thioether (sulfide) groups is 1. The smallest absolute Gasteiger partial charge is 0.358 e. The fraction of sp³-hybridized carbons (Fsp3) is 0.200. The Kier molecular flexibility index (Phi) is 5.75. The number of carbonyl (C=O) groups is 1. The van der Waals surface area contributed by atoms with Crippen molar-refractivity contribution in [3.8, 4) is 11.3 Å². The summed E-state index contributed by atoms with van der Waals surface area (Å²) >= 11 is 14.5. The minimum atomic E-state index is -0.559. The number of ether oxygens (including phenoxy) is 1. The van der Waals surface area contributed by atoms with E-state index in [1.165, 1.54) is 11.3 Å². The van der Waals surface area contributed by atoms with Gasteiger partial charge in [-0.25, -0.2) is 9.78 Å². The summed E-state index contributed by atoms with van der Waals surface area (Å²) in [4.78, 5) is 16.5. The van der Waals surface area contributed by atoms with E-state index in [9.17, 15) is 4.79 Å². The number of hydrogen-bond acceptors (Lipinski definition) is 8. The van der Waals surface area contributed by atoms with Crippen LogP contribution in [0.3, 0.4) is 0 Å². The molecule has 0 radical (unpaired) electrons. The molecule has 1 fully saturated rings. The van der Waals surface area contributed by atoms with Crippen molar-refractivity contribution in [1.82, 2.24) is 10.4 Å². The van der Waals surface area contributed by atoms with Crippen LogP contribution >= 0.6 is 46.3 Å². The molecule has 0 spiro atoms. The third-order valence-corrected chi connectivity index (χ3v) is 5.89. The second kappa shape index (κ2) is 7.84. The highest BCUT2D eigenvalue weighted by Crippen LogP contribution is 2.34. The lowest BCUT2D eigenvalue weighted by Gasteiger charge is -2.09. The van der Waals surface area contributed by atoms with Gasteiger partial charge >= 0.3 is 5.97 Å². The Balaban J connectivity index is 1.75. The highest BCUT2D eigenvalue weighted by atomic mass is 35.5. The summed E-state index contributed by atoms with van der Waals surface area (Å²) in [5.41, 5.74) is 9.89. The maximum absolute atomic E-state index is 12.0. The zero-order chi connectivity index (χ0) is 18.0. The number of esters is 1. The molecule has 25 heavy (non-hydrogen) atoms. The van der Waals surface area contributed by atoms with Crippen molar-refractivity contribution in [2.75, 3.05) is 0 Å². The van der Waals surface area contributed by atoms with E-state index in [2.05, 4.69) is 10.4 Å². The van der Waals surface area contributed by atoms with Crippen LogP contribution in [-0.4, -0.2) is 17.1 Å². The van der Waals surface area contributed by atoms with Crippen LogP contribution in [-0.2, 0) is 9.53 Å². The molecule has 1 saturated carbocycles. The topological polar surface area (TPSA) is 103 Å². The molecule has 0 bridgehead atoms. The molecule has 2 aromatic rings. The largest absolute Gasteiger partial charge is 0.458 e. The lowest BCUT2D eigenvalue weighted by atomic mass is 10.2. The van der Waals surface area contributed by atoms with E-state index in [1.54, 1.807) is 12.1 Å². The number of benzene rings is 1. The first-order valence-electron chi connectivity index (χ1n) is 7.24.